The lowest BCUT2D eigenvalue weighted by atomic mass is 9.93. The Morgan fingerprint density at radius 3 is 1.36 bits per heavy atom. The smallest absolute Gasteiger partial charge is 0.169 e. The fourth-order valence-electron chi connectivity index (χ4n) is 8.19. The molecule has 1 N–H and O–H groups in total. The second-order valence-electron chi connectivity index (χ2n) is 15.2. The lowest BCUT2D eigenvalue weighted by Gasteiger charge is -2.30. The molecule has 0 spiro atoms. The number of hydrogen-bond donors (Lipinski definition) is 1. The van der Waals surface area contributed by atoms with Gasteiger partial charge in [0.1, 0.15) is 0 Å². The number of fused-ring (bicyclic) bond motifs is 5. The first kappa shape index (κ1) is 40.3. The number of ether oxygens (including phenoxy) is 2. The number of hydrogen-bond acceptors (Lipinski definition) is 3. The number of aliphatic hydroxyl groups excluding tert-OH is 1. The first-order valence-corrected chi connectivity index (χ1v) is 20.8. The minimum Gasteiger partial charge on any atom is -0.393 e. The molecular weight excluding hydrogens is 576 g/mol. The van der Waals surface area contributed by atoms with E-state index in [4.69, 9.17) is 9.47 Å². The number of allylic oxidation sites excluding steroid dienone is 8. The van der Waals surface area contributed by atoms with Gasteiger partial charge in [0.2, 0.25) is 0 Å². The van der Waals surface area contributed by atoms with Crippen molar-refractivity contribution in [1.29, 1.82) is 0 Å². The molecule has 2 saturated carbocycles. The van der Waals surface area contributed by atoms with Gasteiger partial charge < -0.3 is 14.6 Å². The molecule has 0 aromatic carbocycles. The lowest BCUT2D eigenvalue weighted by molar-refractivity contribution is -0.196. The fourth-order valence-corrected chi connectivity index (χ4v) is 8.19. The van der Waals surface area contributed by atoms with Crippen molar-refractivity contribution in [2.45, 2.75) is 218 Å². The number of aliphatic hydroxyl groups is 1. The molecule has 2 bridgehead atoms. The minimum absolute atomic E-state index is 0.137. The maximum absolute atomic E-state index is 10.5. The quantitative estimate of drug-likeness (QED) is 0.0620. The van der Waals surface area contributed by atoms with Crippen molar-refractivity contribution in [2.24, 2.45) is 11.8 Å². The molecule has 1 heterocycles. The van der Waals surface area contributed by atoms with Crippen LogP contribution in [0.3, 0.4) is 0 Å². The third-order valence-electron chi connectivity index (χ3n) is 11.0. The normalized spacial score (nSPS) is 25.1. The van der Waals surface area contributed by atoms with Gasteiger partial charge in [-0.3, -0.25) is 0 Å². The van der Waals surface area contributed by atoms with E-state index >= 15 is 0 Å². The van der Waals surface area contributed by atoms with Crippen LogP contribution in [0.1, 0.15) is 194 Å². The molecule has 0 amide bonds. The summed E-state index contributed by atoms with van der Waals surface area (Å²) in [6, 6.07) is 0. The Morgan fingerprint density at radius 1 is 0.489 bits per heavy atom. The van der Waals surface area contributed by atoms with Crippen LogP contribution in [0.5, 0.6) is 0 Å². The van der Waals surface area contributed by atoms with Crippen molar-refractivity contribution in [3.63, 3.8) is 0 Å². The molecule has 3 aliphatic rings. The number of unbranched alkanes of at least 4 members (excludes halogenated alkanes) is 18. The van der Waals surface area contributed by atoms with E-state index in [1.54, 1.807) is 0 Å². The zero-order chi connectivity index (χ0) is 33.3. The minimum atomic E-state index is -0.388. The number of rotatable bonds is 30. The summed E-state index contributed by atoms with van der Waals surface area (Å²) in [5, 5.41) is 10.5. The monoisotopic (exact) mass is 653 g/mol. The zero-order valence-corrected chi connectivity index (χ0v) is 31.1. The Balaban J connectivity index is 1.23. The van der Waals surface area contributed by atoms with Crippen molar-refractivity contribution in [2.75, 3.05) is 0 Å². The molecule has 0 aromatic rings. The molecule has 3 heteroatoms. The SMILES string of the molecule is CCCCC/C=C\C/C=C\CCCCCCCCC1(CCCCCCCC/C=C\C/C=C\CCCCC)O[C@@H]2C3CC(CC3O)[C@@H]2O1. The molecule has 3 nitrogen and oxygen atoms in total. The molecule has 0 radical (unpaired) electrons. The van der Waals surface area contributed by atoms with Crippen molar-refractivity contribution < 1.29 is 14.6 Å². The highest BCUT2D eigenvalue weighted by molar-refractivity contribution is 5.07. The molecule has 1 saturated heterocycles. The Kier molecular flexibility index (Phi) is 22.1. The fraction of sp³-hybridized carbons (Fsp3) is 0.818. The highest BCUT2D eigenvalue weighted by atomic mass is 16.8. The predicted octanol–water partition coefficient (Wildman–Crippen LogP) is 13.3. The van der Waals surface area contributed by atoms with Crippen LogP contribution in [-0.4, -0.2) is 29.2 Å². The Bertz CT molecular complexity index is 823. The van der Waals surface area contributed by atoms with E-state index < -0.39 is 0 Å². The molecular formula is C44H76O3. The van der Waals surface area contributed by atoms with Crippen LogP contribution < -0.4 is 0 Å². The van der Waals surface area contributed by atoms with Crippen molar-refractivity contribution in [1.82, 2.24) is 0 Å². The average Bonchev–Trinajstić information content (AvgIpc) is 3.74. The summed E-state index contributed by atoms with van der Waals surface area (Å²) < 4.78 is 13.7. The first-order valence-electron chi connectivity index (χ1n) is 20.8. The highest BCUT2D eigenvalue weighted by Crippen LogP contribution is 2.55. The zero-order valence-electron chi connectivity index (χ0n) is 31.1. The van der Waals surface area contributed by atoms with Gasteiger partial charge in [-0.2, -0.15) is 0 Å². The summed E-state index contributed by atoms with van der Waals surface area (Å²) >= 11 is 0. The molecule has 3 unspecified atom stereocenters. The van der Waals surface area contributed by atoms with Gasteiger partial charge in [0.25, 0.3) is 0 Å². The summed E-state index contributed by atoms with van der Waals surface area (Å²) in [6.07, 6.45) is 53.8. The molecule has 1 aliphatic heterocycles. The van der Waals surface area contributed by atoms with Gasteiger partial charge in [0, 0.05) is 18.8 Å². The van der Waals surface area contributed by atoms with E-state index in [1.165, 1.54) is 141 Å². The van der Waals surface area contributed by atoms with Gasteiger partial charge in [-0.1, -0.05) is 140 Å². The van der Waals surface area contributed by atoms with Crippen LogP contribution in [0.2, 0.25) is 0 Å². The van der Waals surface area contributed by atoms with Crippen LogP contribution in [0.25, 0.3) is 0 Å². The third kappa shape index (κ3) is 16.4. The average molecular weight is 653 g/mol. The summed E-state index contributed by atoms with van der Waals surface area (Å²) in [5.74, 6) is 0.424. The maximum Gasteiger partial charge on any atom is 0.169 e. The van der Waals surface area contributed by atoms with Crippen LogP contribution in [-0.2, 0) is 9.47 Å². The summed E-state index contributed by atoms with van der Waals surface area (Å²) in [7, 11) is 0. The second-order valence-corrected chi connectivity index (χ2v) is 15.2. The van der Waals surface area contributed by atoms with E-state index in [1.807, 2.05) is 0 Å². The molecule has 2 aliphatic carbocycles. The largest absolute Gasteiger partial charge is 0.393 e. The van der Waals surface area contributed by atoms with Gasteiger partial charge in [-0.05, 0) is 95.8 Å². The Morgan fingerprint density at radius 2 is 0.894 bits per heavy atom. The van der Waals surface area contributed by atoms with Crippen molar-refractivity contribution in [3.05, 3.63) is 48.6 Å². The molecule has 3 fully saturated rings. The van der Waals surface area contributed by atoms with Gasteiger partial charge in [-0.15, -0.1) is 0 Å². The van der Waals surface area contributed by atoms with E-state index in [0.29, 0.717) is 11.8 Å². The van der Waals surface area contributed by atoms with Crippen molar-refractivity contribution in [3.8, 4) is 0 Å². The Hall–Kier alpha value is -1.16. The van der Waals surface area contributed by atoms with Crippen molar-refractivity contribution >= 4 is 0 Å². The molecule has 5 atom stereocenters. The molecule has 47 heavy (non-hydrogen) atoms. The van der Waals surface area contributed by atoms with E-state index in [2.05, 4.69) is 62.5 Å². The molecule has 3 rings (SSSR count). The topological polar surface area (TPSA) is 38.7 Å². The first-order chi connectivity index (χ1) is 23.2. The van der Waals surface area contributed by atoms with Crippen LogP contribution in [0.4, 0.5) is 0 Å². The van der Waals surface area contributed by atoms with Crippen LogP contribution in [0.15, 0.2) is 48.6 Å². The van der Waals surface area contributed by atoms with Gasteiger partial charge >= 0.3 is 0 Å². The van der Waals surface area contributed by atoms with E-state index in [0.717, 1.165) is 38.5 Å². The van der Waals surface area contributed by atoms with E-state index in [9.17, 15) is 5.11 Å². The summed E-state index contributed by atoms with van der Waals surface area (Å²) in [5.41, 5.74) is 0. The third-order valence-corrected chi connectivity index (χ3v) is 11.0. The maximum atomic E-state index is 10.5. The Labute approximate surface area is 292 Å². The summed E-state index contributed by atoms with van der Waals surface area (Å²) in [6.45, 7) is 4.53. The predicted molar refractivity (Wildman–Crippen MR) is 203 cm³/mol. The second kappa shape index (κ2) is 25.8. The van der Waals surface area contributed by atoms with Crippen LogP contribution >= 0.6 is 0 Å². The summed E-state index contributed by atoms with van der Waals surface area (Å²) in [4.78, 5) is 0. The molecule has 270 valence electrons. The van der Waals surface area contributed by atoms with Crippen LogP contribution in [0, 0.1) is 11.8 Å². The van der Waals surface area contributed by atoms with Gasteiger partial charge in [-0.25, -0.2) is 0 Å². The lowest BCUT2D eigenvalue weighted by Crippen LogP contribution is -2.37. The van der Waals surface area contributed by atoms with E-state index in [-0.39, 0.29) is 24.1 Å². The standard InChI is InChI=1S/C44H76O3/c1-3-5-7-9-11-13-15-17-19-21-23-25-27-29-31-33-35-44(46-42-39-37-40(41(45)38-39)43(42)47-44)36-34-32-30-28-26-24-22-20-18-16-14-12-10-8-6-4-2/h11-14,17-20,39-43,45H,3-10,15-16,21-38H2,1-2H3/b13-11-,14-12-,19-17-,20-18-/t39?,40?,41?,42-,43+/m0/s1. The van der Waals surface area contributed by atoms with Gasteiger partial charge in [0.15, 0.2) is 5.79 Å². The van der Waals surface area contributed by atoms with Gasteiger partial charge in [0.05, 0.1) is 18.3 Å². The highest BCUT2D eigenvalue weighted by Gasteiger charge is 2.61. The molecule has 0 aromatic heterocycles.